The minimum atomic E-state index is 0.104. The molecule has 1 saturated carbocycles. The number of anilines is 1. The van der Waals surface area contributed by atoms with Crippen molar-refractivity contribution in [1.82, 2.24) is 4.90 Å². The molecule has 0 radical (unpaired) electrons. The number of amides is 1. The summed E-state index contributed by atoms with van der Waals surface area (Å²) in [6, 6.07) is 10.1. The molecule has 1 aliphatic heterocycles. The van der Waals surface area contributed by atoms with Gasteiger partial charge in [-0.05, 0) is 44.4 Å². The van der Waals surface area contributed by atoms with Gasteiger partial charge in [0.1, 0.15) is 0 Å². The molecular weight excluding hydrogens is 288 g/mol. The summed E-state index contributed by atoms with van der Waals surface area (Å²) in [4.78, 5) is 17.2. The molecule has 126 valence electrons. The Hall–Kier alpha value is -1.39. The lowest BCUT2D eigenvalue weighted by atomic mass is 10.2. The Labute approximate surface area is 139 Å². The molecule has 4 heteroatoms. The first-order valence-corrected chi connectivity index (χ1v) is 8.98. The molecule has 1 aliphatic carbocycles. The number of rotatable bonds is 6. The molecule has 0 N–H and O–H groups in total. The van der Waals surface area contributed by atoms with Gasteiger partial charge in [0, 0.05) is 31.3 Å². The first-order valence-electron chi connectivity index (χ1n) is 8.98. The van der Waals surface area contributed by atoms with Crippen LogP contribution in [-0.2, 0) is 9.53 Å². The molecule has 1 aromatic carbocycles. The van der Waals surface area contributed by atoms with Crippen LogP contribution in [0.4, 0.5) is 5.69 Å². The van der Waals surface area contributed by atoms with Crippen molar-refractivity contribution in [2.75, 3.05) is 37.7 Å². The van der Waals surface area contributed by atoms with E-state index < -0.39 is 0 Å². The third-order valence-electron chi connectivity index (χ3n) is 4.62. The van der Waals surface area contributed by atoms with Gasteiger partial charge in [0.2, 0.25) is 5.91 Å². The van der Waals surface area contributed by atoms with E-state index in [0.717, 1.165) is 57.6 Å². The zero-order valence-corrected chi connectivity index (χ0v) is 14.1. The fraction of sp³-hybridized carbons (Fsp3) is 0.632. The molecule has 1 amide bonds. The van der Waals surface area contributed by atoms with Gasteiger partial charge in [0.05, 0.1) is 12.6 Å². The van der Waals surface area contributed by atoms with Gasteiger partial charge >= 0.3 is 0 Å². The topological polar surface area (TPSA) is 32.8 Å². The molecule has 2 aliphatic rings. The summed E-state index contributed by atoms with van der Waals surface area (Å²) in [7, 11) is 0. The standard InChI is InChI=1S/C19H28N2O2/c1-2-11-20-12-6-13-23-18(14-20)15-21(19(22)16-9-10-16)17-7-4-3-5-8-17/h3-5,7-8,16,18H,2,6,9-15H2,1H3. The predicted octanol–water partition coefficient (Wildman–Crippen LogP) is 2.93. The summed E-state index contributed by atoms with van der Waals surface area (Å²) < 4.78 is 6.05. The summed E-state index contributed by atoms with van der Waals surface area (Å²) >= 11 is 0. The van der Waals surface area contributed by atoms with E-state index in [-0.39, 0.29) is 17.9 Å². The van der Waals surface area contributed by atoms with Gasteiger partial charge in [0.15, 0.2) is 0 Å². The van der Waals surface area contributed by atoms with Crippen LogP contribution in [0.5, 0.6) is 0 Å². The van der Waals surface area contributed by atoms with E-state index in [4.69, 9.17) is 4.74 Å². The van der Waals surface area contributed by atoms with Crippen LogP contribution < -0.4 is 4.90 Å². The highest BCUT2D eigenvalue weighted by molar-refractivity contribution is 5.96. The van der Waals surface area contributed by atoms with Gasteiger partial charge in [-0.1, -0.05) is 25.1 Å². The summed E-state index contributed by atoms with van der Waals surface area (Å²) in [5, 5.41) is 0. The molecule has 0 aromatic heterocycles. The van der Waals surface area contributed by atoms with Crippen LogP contribution in [0.2, 0.25) is 0 Å². The van der Waals surface area contributed by atoms with Crippen molar-refractivity contribution in [1.29, 1.82) is 0 Å². The highest BCUT2D eigenvalue weighted by Crippen LogP contribution is 2.33. The molecule has 1 unspecified atom stereocenters. The number of nitrogens with zero attached hydrogens (tertiary/aromatic N) is 2. The highest BCUT2D eigenvalue weighted by atomic mass is 16.5. The van der Waals surface area contributed by atoms with E-state index in [1.165, 1.54) is 0 Å². The Bertz CT molecular complexity index is 501. The lowest BCUT2D eigenvalue weighted by molar-refractivity contribution is -0.120. The highest BCUT2D eigenvalue weighted by Gasteiger charge is 2.35. The van der Waals surface area contributed by atoms with Crippen LogP contribution in [0, 0.1) is 5.92 Å². The van der Waals surface area contributed by atoms with Crippen molar-refractivity contribution >= 4 is 11.6 Å². The molecule has 1 aromatic rings. The second-order valence-corrected chi connectivity index (χ2v) is 6.71. The van der Waals surface area contributed by atoms with Gasteiger partial charge in [-0.2, -0.15) is 0 Å². The molecule has 1 saturated heterocycles. The largest absolute Gasteiger partial charge is 0.375 e. The van der Waals surface area contributed by atoms with Gasteiger partial charge in [0.25, 0.3) is 0 Å². The zero-order valence-electron chi connectivity index (χ0n) is 14.1. The maximum atomic E-state index is 12.7. The van der Waals surface area contributed by atoms with Crippen LogP contribution in [0.15, 0.2) is 30.3 Å². The predicted molar refractivity (Wildman–Crippen MR) is 92.6 cm³/mol. The maximum Gasteiger partial charge on any atom is 0.230 e. The SMILES string of the molecule is CCCN1CCCOC(CN(C(=O)C2CC2)c2ccccc2)C1. The normalized spacial score (nSPS) is 22.6. The Morgan fingerprint density at radius 1 is 1.30 bits per heavy atom. The lowest BCUT2D eigenvalue weighted by Crippen LogP contribution is -2.43. The smallest absolute Gasteiger partial charge is 0.230 e. The van der Waals surface area contributed by atoms with E-state index in [1.54, 1.807) is 0 Å². The maximum absolute atomic E-state index is 12.7. The number of para-hydroxylation sites is 1. The average molecular weight is 316 g/mol. The fourth-order valence-corrected chi connectivity index (χ4v) is 3.28. The number of hydrogen-bond acceptors (Lipinski definition) is 3. The van der Waals surface area contributed by atoms with E-state index in [2.05, 4.69) is 11.8 Å². The minimum Gasteiger partial charge on any atom is -0.375 e. The summed E-state index contributed by atoms with van der Waals surface area (Å²) in [6.07, 6.45) is 4.42. The molecule has 2 fully saturated rings. The second-order valence-electron chi connectivity index (χ2n) is 6.71. The number of carbonyl (C=O) groups is 1. The lowest BCUT2D eigenvalue weighted by Gasteiger charge is -2.29. The Morgan fingerprint density at radius 2 is 2.09 bits per heavy atom. The monoisotopic (exact) mass is 316 g/mol. The minimum absolute atomic E-state index is 0.104. The Kier molecular flexibility index (Phi) is 5.68. The van der Waals surface area contributed by atoms with Gasteiger partial charge in [-0.15, -0.1) is 0 Å². The number of benzene rings is 1. The first kappa shape index (κ1) is 16.5. The molecule has 0 bridgehead atoms. The van der Waals surface area contributed by atoms with Crippen molar-refractivity contribution < 1.29 is 9.53 Å². The van der Waals surface area contributed by atoms with Crippen molar-refractivity contribution in [3.63, 3.8) is 0 Å². The van der Waals surface area contributed by atoms with Crippen molar-refractivity contribution in [3.8, 4) is 0 Å². The van der Waals surface area contributed by atoms with Gasteiger partial charge in [-0.25, -0.2) is 0 Å². The molecule has 0 spiro atoms. The molecule has 23 heavy (non-hydrogen) atoms. The number of ether oxygens (including phenoxy) is 1. The number of hydrogen-bond donors (Lipinski definition) is 0. The van der Waals surface area contributed by atoms with E-state index in [9.17, 15) is 4.79 Å². The van der Waals surface area contributed by atoms with Crippen LogP contribution in [0.25, 0.3) is 0 Å². The van der Waals surface area contributed by atoms with Crippen LogP contribution in [0.1, 0.15) is 32.6 Å². The first-order chi connectivity index (χ1) is 11.3. The average Bonchev–Trinajstić information content (AvgIpc) is 3.41. The molecule has 1 atom stereocenters. The van der Waals surface area contributed by atoms with Crippen molar-refractivity contribution in [2.45, 2.75) is 38.7 Å². The zero-order chi connectivity index (χ0) is 16.1. The van der Waals surface area contributed by atoms with Crippen molar-refractivity contribution in [2.24, 2.45) is 5.92 Å². The molecule has 3 rings (SSSR count). The number of carbonyl (C=O) groups excluding carboxylic acids is 1. The summed E-state index contributed by atoms with van der Waals surface area (Å²) in [6.45, 7) is 6.82. The van der Waals surface area contributed by atoms with Crippen LogP contribution >= 0.6 is 0 Å². The van der Waals surface area contributed by atoms with Crippen molar-refractivity contribution in [3.05, 3.63) is 30.3 Å². The van der Waals surface area contributed by atoms with Crippen LogP contribution in [-0.4, -0.2) is 49.7 Å². The van der Waals surface area contributed by atoms with Gasteiger partial charge in [-0.3, -0.25) is 4.79 Å². The van der Waals surface area contributed by atoms with E-state index >= 15 is 0 Å². The summed E-state index contributed by atoms with van der Waals surface area (Å²) in [5.41, 5.74) is 0.999. The van der Waals surface area contributed by atoms with E-state index in [0.29, 0.717) is 6.54 Å². The Balaban J connectivity index is 1.70. The second kappa shape index (κ2) is 7.93. The van der Waals surface area contributed by atoms with Gasteiger partial charge < -0.3 is 14.5 Å². The quantitative estimate of drug-likeness (QED) is 0.809. The molecule has 4 nitrogen and oxygen atoms in total. The van der Waals surface area contributed by atoms with Crippen LogP contribution in [0.3, 0.4) is 0 Å². The fourth-order valence-electron chi connectivity index (χ4n) is 3.28. The summed E-state index contributed by atoms with van der Waals surface area (Å²) in [5.74, 6) is 0.499. The third kappa shape index (κ3) is 4.55. The Morgan fingerprint density at radius 3 is 2.78 bits per heavy atom. The molecule has 1 heterocycles. The van der Waals surface area contributed by atoms with E-state index in [1.807, 2.05) is 35.2 Å². The molecular formula is C19H28N2O2. The third-order valence-corrected chi connectivity index (χ3v) is 4.62.